The van der Waals surface area contributed by atoms with Crippen LogP contribution in [-0.2, 0) is 11.3 Å². The van der Waals surface area contributed by atoms with Gasteiger partial charge in [0.05, 0.1) is 18.4 Å². The van der Waals surface area contributed by atoms with E-state index < -0.39 is 29.5 Å². The maximum absolute atomic E-state index is 14.3. The maximum atomic E-state index is 14.3. The molecule has 1 saturated carbocycles. The monoisotopic (exact) mass is 423 g/mol. The lowest BCUT2D eigenvalue weighted by Gasteiger charge is -2.17. The first-order valence-corrected chi connectivity index (χ1v) is 9.97. The molecule has 2 amide bonds. The molecular formula is C22H19F2N5O2. The van der Waals surface area contributed by atoms with Gasteiger partial charge >= 0.3 is 0 Å². The van der Waals surface area contributed by atoms with Crippen molar-refractivity contribution in [2.75, 3.05) is 5.32 Å². The molecule has 4 atom stereocenters. The molecule has 0 radical (unpaired) electrons. The van der Waals surface area contributed by atoms with Crippen LogP contribution < -0.4 is 10.6 Å². The molecule has 0 bridgehead atoms. The van der Waals surface area contributed by atoms with Gasteiger partial charge in [0, 0.05) is 6.07 Å². The topological polar surface area (TPSA) is 88.9 Å². The molecule has 0 saturated heterocycles. The first-order valence-electron chi connectivity index (χ1n) is 9.97. The number of fused-ring (bicyclic) bond motifs is 3. The van der Waals surface area contributed by atoms with E-state index in [1.165, 1.54) is 16.9 Å². The van der Waals surface area contributed by atoms with Gasteiger partial charge in [0.15, 0.2) is 5.69 Å². The maximum Gasteiger partial charge on any atom is 0.274 e. The fourth-order valence-corrected chi connectivity index (χ4v) is 4.49. The van der Waals surface area contributed by atoms with Gasteiger partial charge in [-0.15, -0.1) is 5.10 Å². The van der Waals surface area contributed by atoms with Gasteiger partial charge in [0.1, 0.15) is 17.7 Å². The molecule has 2 heterocycles. The number of nitrogens with one attached hydrogen (secondary N) is 2. The van der Waals surface area contributed by atoms with E-state index in [1.807, 2.05) is 37.3 Å². The molecule has 1 aliphatic carbocycles. The molecule has 7 nitrogen and oxygen atoms in total. The van der Waals surface area contributed by atoms with Crippen molar-refractivity contribution in [2.45, 2.75) is 25.4 Å². The number of anilines is 1. The fourth-order valence-electron chi connectivity index (χ4n) is 4.49. The molecule has 31 heavy (non-hydrogen) atoms. The van der Waals surface area contributed by atoms with Crippen molar-refractivity contribution in [3.05, 3.63) is 77.1 Å². The molecule has 1 aromatic heterocycles. The van der Waals surface area contributed by atoms with Crippen LogP contribution in [0.3, 0.4) is 0 Å². The third-order valence-electron chi connectivity index (χ3n) is 6.05. The summed E-state index contributed by atoms with van der Waals surface area (Å²) in [6.07, 6.45) is 1.51. The number of carbonyl (C=O) groups excluding carboxylic acids is 2. The van der Waals surface area contributed by atoms with Crippen LogP contribution in [0.2, 0.25) is 0 Å². The normalized spacial score (nSPS) is 23.9. The zero-order valence-electron chi connectivity index (χ0n) is 16.5. The third-order valence-corrected chi connectivity index (χ3v) is 6.05. The van der Waals surface area contributed by atoms with Gasteiger partial charge in [-0.3, -0.25) is 9.59 Å². The van der Waals surface area contributed by atoms with E-state index in [0.29, 0.717) is 12.1 Å². The average Bonchev–Trinajstić information content (AvgIpc) is 3.20. The van der Waals surface area contributed by atoms with E-state index >= 15 is 0 Å². The first-order chi connectivity index (χ1) is 14.9. The van der Waals surface area contributed by atoms with Gasteiger partial charge in [0.25, 0.3) is 5.91 Å². The van der Waals surface area contributed by atoms with Gasteiger partial charge in [-0.05, 0) is 34.9 Å². The summed E-state index contributed by atoms with van der Waals surface area (Å²) in [5.41, 5.74) is 1.49. The Kier molecular flexibility index (Phi) is 4.53. The number of nitrogens with zero attached hydrogens (tertiary/aromatic N) is 3. The summed E-state index contributed by atoms with van der Waals surface area (Å²) >= 11 is 0. The summed E-state index contributed by atoms with van der Waals surface area (Å²) in [6, 6.07) is 10.7. The van der Waals surface area contributed by atoms with Crippen molar-refractivity contribution in [1.82, 2.24) is 20.3 Å². The zero-order chi connectivity index (χ0) is 21.7. The second-order valence-corrected chi connectivity index (χ2v) is 8.04. The fraction of sp³-hybridized carbons (Fsp3) is 0.273. The number of benzene rings is 2. The molecule has 0 spiro atoms. The number of carbonyl (C=O) groups is 2. The Labute approximate surface area is 176 Å². The summed E-state index contributed by atoms with van der Waals surface area (Å²) in [5, 5.41) is 13.1. The van der Waals surface area contributed by atoms with Crippen molar-refractivity contribution in [3.63, 3.8) is 0 Å². The number of rotatable bonds is 4. The number of hydrogen-bond acceptors (Lipinski definition) is 4. The van der Waals surface area contributed by atoms with Crippen molar-refractivity contribution in [1.29, 1.82) is 0 Å². The van der Waals surface area contributed by atoms with Crippen LogP contribution in [0.4, 0.5) is 14.5 Å². The molecule has 2 unspecified atom stereocenters. The zero-order valence-corrected chi connectivity index (χ0v) is 16.5. The van der Waals surface area contributed by atoms with Gasteiger partial charge in [-0.1, -0.05) is 42.5 Å². The van der Waals surface area contributed by atoms with E-state index in [4.69, 9.17) is 0 Å². The van der Waals surface area contributed by atoms with Crippen molar-refractivity contribution in [3.8, 4) is 0 Å². The van der Waals surface area contributed by atoms with Crippen LogP contribution in [0.1, 0.15) is 34.5 Å². The van der Waals surface area contributed by atoms with Gasteiger partial charge in [-0.2, -0.15) is 0 Å². The Morgan fingerprint density at radius 3 is 2.77 bits per heavy atom. The number of amides is 2. The van der Waals surface area contributed by atoms with Gasteiger partial charge in [-0.25, -0.2) is 13.5 Å². The van der Waals surface area contributed by atoms with Crippen LogP contribution in [0, 0.1) is 23.5 Å². The Morgan fingerprint density at radius 1 is 1.23 bits per heavy atom. The SMILES string of the molecule is C[C@H]1C2c3cc(F)cc(F)c3NC(=O)[C@@H](NC(=O)c3cn(Cc4ccccc4)nn3)C21. The summed E-state index contributed by atoms with van der Waals surface area (Å²) in [5.74, 6) is -3.09. The van der Waals surface area contributed by atoms with Crippen LogP contribution in [0.5, 0.6) is 0 Å². The molecular weight excluding hydrogens is 404 g/mol. The van der Waals surface area contributed by atoms with Crippen molar-refractivity contribution >= 4 is 17.5 Å². The predicted octanol–water partition coefficient (Wildman–Crippen LogP) is 2.70. The highest BCUT2D eigenvalue weighted by molar-refractivity contribution is 6.02. The largest absolute Gasteiger partial charge is 0.338 e. The predicted molar refractivity (Wildman–Crippen MR) is 107 cm³/mol. The molecule has 5 rings (SSSR count). The van der Waals surface area contributed by atoms with E-state index in [2.05, 4.69) is 20.9 Å². The highest BCUT2D eigenvalue weighted by Crippen LogP contribution is 2.59. The highest BCUT2D eigenvalue weighted by atomic mass is 19.1. The van der Waals surface area contributed by atoms with Gasteiger partial charge < -0.3 is 10.6 Å². The van der Waals surface area contributed by atoms with Crippen LogP contribution in [-0.4, -0.2) is 32.9 Å². The summed E-state index contributed by atoms with van der Waals surface area (Å²) in [6.45, 7) is 2.35. The molecule has 3 aromatic rings. The van der Waals surface area contributed by atoms with E-state index in [1.54, 1.807) is 0 Å². The van der Waals surface area contributed by atoms with Crippen LogP contribution in [0.15, 0.2) is 48.7 Å². The summed E-state index contributed by atoms with van der Waals surface area (Å²) in [4.78, 5) is 25.5. The molecule has 1 fully saturated rings. The van der Waals surface area contributed by atoms with Crippen LogP contribution in [0.25, 0.3) is 0 Å². The van der Waals surface area contributed by atoms with E-state index in [-0.39, 0.29) is 29.1 Å². The average molecular weight is 423 g/mol. The van der Waals surface area contributed by atoms with Crippen molar-refractivity contribution in [2.24, 2.45) is 11.8 Å². The minimum Gasteiger partial charge on any atom is -0.338 e. The Morgan fingerprint density at radius 2 is 2.00 bits per heavy atom. The summed E-state index contributed by atoms with van der Waals surface area (Å²) < 4.78 is 29.6. The van der Waals surface area contributed by atoms with E-state index in [9.17, 15) is 18.4 Å². The molecule has 9 heteroatoms. The Bertz CT molecular complexity index is 1180. The summed E-state index contributed by atoms with van der Waals surface area (Å²) in [7, 11) is 0. The number of halogens is 2. The molecule has 2 N–H and O–H groups in total. The van der Waals surface area contributed by atoms with Crippen LogP contribution >= 0.6 is 0 Å². The molecule has 1 aliphatic heterocycles. The second kappa shape index (κ2) is 7.26. The molecule has 2 aliphatic rings. The minimum atomic E-state index is -0.887. The highest BCUT2D eigenvalue weighted by Gasteiger charge is 2.57. The Hall–Kier alpha value is -3.62. The third kappa shape index (κ3) is 3.45. The lowest BCUT2D eigenvalue weighted by molar-refractivity contribution is -0.118. The quantitative estimate of drug-likeness (QED) is 0.675. The minimum absolute atomic E-state index is 0.00920. The van der Waals surface area contributed by atoms with E-state index in [0.717, 1.165) is 11.6 Å². The molecule has 158 valence electrons. The van der Waals surface area contributed by atoms with Crippen molar-refractivity contribution < 1.29 is 18.4 Å². The second-order valence-electron chi connectivity index (χ2n) is 8.04. The number of hydrogen-bond donors (Lipinski definition) is 2. The lowest BCUT2D eigenvalue weighted by Crippen LogP contribution is -2.45. The Balaban J connectivity index is 1.34. The first kappa shape index (κ1) is 19.3. The lowest BCUT2D eigenvalue weighted by atomic mass is 10.0. The number of aromatic nitrogens is 3. The van der Waals surface area contributed by atoms with Gasteiger partial charge in [0.2, 0.25) is 5.91 Å². The smallest absolute Gasteiger partial charge is 0.274 e. The standard InChI is InChI=1S/C22H19F2N5O2/c1-11-17-14-7-13(23)8-15(24)19(14)25-22(31)20(18(11)17)26-21(30)16-10-29(28-27-16)9-12-5-3-2-4-6-12/h2-8,10-11,17-18,20H,9H2,1H3,(H,25,31)(H,26,30)/t11-,17?,18?,20-/m0/s1. The molecule has 2 aromatic carbocycles.